The third-order valence-electron chi connectivity index (χ3n) is 3.05. The third kappa shape index (κ3) is 5.85. The predicted octanol–water partition coefficient (Wildman–Crippen LogP) is 5.50. The number of hydrogen-bond acceptors (Lipinski definition) is 4. The lowest BCUT2D eigenvalue weighted by atomic mass is 10.1. The van der Waals surface area contributed by atoms with E-state index in [1.165, 1.54) is 18.2 Å². The normalized spacial score (nSPS) is 12.5. The minimum Gasteiger partial charge on any atom is -0.453 e. The average molecular weight is 363 g/mol. The number of ether oxygens (including phenoxy) is 2. The maximum atomic E-state index is 12.6. The van der Waals surface area contributed by atoms with Crippen LogP contribution in [-0.2, 0) is 4.43 Å². The molecule has 2 aromatic rings. The van der Waals surface area contributed by atoms with Crippen molar-refractivity contribution in [2.24, 2.45) is 0 Å². The van der Waals surface area contributed by atoms with Crippen molar-refractivity contribution in [3.63, 3.8) is 0 Å². The molecule has 0 aromatic heterocycles. The van der Waals surface area contributed by atoms with Gasteiger partial charge in [0.25, 0.3) is 0 Å². The standard InChI is InChI=1S/C18H19F2NO3Si/c1-25(2,3)24-17(12-21)13-9-10-15(23-18(19)20)16(11-13)22-14-7-5-4-6-8-14/h4-11,17-18H,1-3H3. The van der Waals surface area contributed by atoms with Gasteiger partial charge in [0.2, 0.25) is 0 Å². The Kier molecular flexibility index (Phi) is 6.12. The van der Waals surface area contributed by atoms with Crippen LogP contribution in [0.5, 0.6) is 17.2 Å². The smallest absolute Gasteiger partial charge is 0.387 e. The molecule has 2 rings (SSSR count). The fraction of sp³-hybridized carbons (Fsp3) is 0.278. The van der Waals surface area contributed by atoms with Crippen molar-refractivity contribution >= 4 is 8.32 Å². The lowest BCUT2D eigenvalue weighted by molar-refractivity contribution is -0.0510. The molecule has 132 valence electrons. The summed E-state index contributed by atoms with van der Waals surface area (Å²) in [5.74, 6) is 0.467. The van der Waals surface area contributed by atoms with E-state index in [0.29, 0.717) is 11.3 Å². The van der Waals surface area contributed by atoms with Gasteiger partial charge < -0.3 is 13.9 Å². The first-order valence-corrected chi connectivity index (χ1v) is 11.1. The first-order valence-electron chi connectivity index (χ1n) is 7.67. The molecule has 7 heteroatoms. The highest BCUT2D eigenvalue weighted by Gasteiger charge is 2.24. The van der Waals surface area contributed by atoms with Gasteiger partial charge in [0.05, 0.1) is 6.07 Å². The van der Waals surface area contributed by atoms with Crippen LogP contribution in [0.25, 0.3) is 0 Å². The fourth-order valence-corrected chi connectivity index (χ4v) is 2.99. The van der Waals surface area contributed by atoms with Gasteiger partial charge in [-0.15, -0.1) is 0 Å². The van der Waals surface area contributed by atoms with Crippen LogP contribution in [0.15, 0.2) is 48.5 Å². The number of halogens is 2. The van der Waals surface area contributed by atoms with E-state index in [2.05, 4.69) is 10.8 Å². The lowest BCUT2D eigenvalue weighted by Gasteiger charge is -2.22. The summed E-state index contributed by atoms with van der Waals surface area (Å²) in [6, 6.07) is 15.2. The molecule has 0 aliphatic heterocycles. The highest BCUT2D eigenvalue weighted by Crippen LogP contribution is 2.36. The Morgan fingerprint density at radius 3 is 2.24 bits per heavy atom. The number of rotatable bonds is 7. The molecule has 0 N–H and O–H groups in total. The predicted molar refractivity (Wildman–Crippen MR) is 92.4 cm³/mol. The van der Waals surface area contributed by atoms with Gasteiger partial charge in [0.15, 0.2) is 25.9 Å². The molecule has 0 saturated carbocycles. The molecule has 0 heterocycles. The minimum absolute atomic E-state index is 0.100. The summed E-state index contributed by atoms with van der Waals surface area (Å²) in [5.41, 5.74) is 0.525. The Morgan fingerprint density at radius 2 is 1.68 bits per heavy atom. The zero-order valence-electron chi connectivity index (χ0n) is 14.2. The average Bonchev–Trinajstić information content (AvgIpc) is 2.54. The van der Waals surface area contributed by atoms with E-state index in [9.17, 15) is 14.0 Å². The molecule has 4 nitrogen and oxygen atoms in total. The second kappa shape index (κ2) is 8.10. The zero-order valence-corrected chi connectivity index (χ0v) is 15.2. The molecule has 0 spiro atoms. The minimum atomic E-state index is -2.98. The Labute approximate surface area is 146 Å². The highest BCUT2D eigenvalue weighted by molar-refractivity contribution is 6.69. The van der Waals surface area contributed by atoms with Crippen LogP contribution in [0.4, 0.5) is 8.78 Å². The van der Waals surface area contributed by atoms with Crippen molar-refractivity contribution in [3.05, 3.63) is 54.1 Å². The molecule has 1 atom stereocenters. The summed E-state index contributed by atoms with van der Waals surface area (Å²) in [6.45, 7) is 2.92. The van der Waals surface area contributed by atoms with Gasteiger partial charge in [0, 0.05) is 0 Å². The van der Waals surface area contributed by atoms with E-state index in [1.807, 2.05) is 25.7 Å². The third-order valence-corrected chi connectivity index (χ3v) is 3.99. The van der Waals surface area contributed by atoms with Crippen molar-refractivity contribution in [2.75, 3.05) is 0 Å². The van der Waals surface area contributed by atoms with Gasteiger partial charge in [0.1, 0.15) is 5.75 Å². The fourth-order valence-electron chi connectivity index (χ4n) is 2.10. The zero-order chi connectivity index (χ0) is 18.4. The Morgan fingerprint density at radius 1 is 1.00 bits per heavy atom. The van der Waals surface area contributed by atoms with Gasteiger partial charge in [-0.1, -0.05) is 24.3 Å². The van der Waals surface area contributed by atoms with Crippen LogP contribution >= 0.6 is 0 Å². The van der Waals surface area contributed by atoms with E-state index in [0.717, 1.165) is 0 Å². The number of hydrogen-bond donors (Lipinski definition) is 0. The molecule has 0 aliphatic rings. The maximum Gasteiger partial charge on any atom is 0.387 e. The molecular formula is C18H19F2NO3Si. The largest absolute Gasteiger partial charge is 0.453 e. The molecule has 1 unspecified atom stereocenters. The van der Waals surface area contributed by atoms with Gasteiger partial charge in [-0.3, -0.25) is 0 Å². The first-order chi connectivity index (χ1) is 11.8. The summed E-state index contributed by atoms with van der Waals surface area (Å²) >= 11 is 0. The number of alkyl halides is 2. The highest BCUT2D eigenvalue weighted by atomic mass is 28.4. The van der Waals surface area contributed by atoms with Crippen LogP contribution in [0.3, 0.4) is 0 Å². The van der Waals surface area contributed by atoms with Crippen molar-refractivity contribution in [3.8, 4) is 23.3 Å². The van der Waals surface area contributed by atoms with Crippen molar-refractivity contribution in [2.45, 2.75) is 32.4 Å². The van der Waals surface area contributed by atoms with Gasteiger partial charge in [-0.2, -0.15) is 14.0 Å². The van der Waals surface area contributed by atoms with Crippen LogP contribution < -0.4 is 9.47 Å². The summed E-state index contributed by atoms with van der Waals surface area (Å²) < 4.78 is 41.3. The van der Waals surface area contributed by atoms with Gasteiger partial charge in [-0.05, 0) is 49.5 Å². The molecule has 0 aliphatic carbocycles. The Balaban J connectivity index is 2.37. The van der Waals surface area contributed by atoms with E-state index < -0.39 is 21.0 Å². The van der Waals surface area contributed by atoms with E-state index >= 15 is 0 Å². The molecule has 25 heavy (non-hydrogen) atoms. The lowest BCUT2D eigenvalue weighted by Crippen LogP contribution is -2.27. The number of nitriles is 1. The first kappa shape index (κ1) is 18.9. The van der Waals surface area contributed by atoms with Crippen LogP contribution in [0, 0.1) is 11.3 Å². The molecule has 0 saturated heterocycles. The molecule has 0 radical (unpaired) electrons. The second-order valence-corrected chi connectivity index (χ2v) is 10.7. The van der Waals surface area contributed by atoms with Crippen molar-refractivity contribution in [1.82, 2.24) is 0 Å². The monoisotopic (exact) mass is 363 g/mol. The molecule has 0 bridgehead atoms. The van der Waals surface area contributed by atoms with E-state index in [4.69, 9.17) is 9.16 Å². The Hall–Kier alpha value is -2.43. The summed E-state index contributed by atoms with van der Waals surface area (Å²) in [5, 5.41) is 9.39. The van der Waals surface area contributed by atoms with Gasteiger partial charge >= 0.3 is 6.61 Å². The molecule has 2 aromatic carbocycles. The summed E-state index contributed by atoms with van der Waals surface area (Å²) in [6.07, 6.45) is -0.801. The van der Waals surface area contributed by atoms with Gasteiger partial charge in [-0.25, -0.2) is 0 Å². The quantitative estimate of drug-likeness (QED) is 0.610. The number of para-hydroxylation sites is 1. The molecule has 0 amide bonds. The van der Waals surface area contributed by atoms with Crippen LogP contribution in [-0.4, -0.2) is 14.9 Å². The Bertz CT molecular complexity index is 742. The summed E-state index contributed by atoms with van der Waals surface area (Å²) in [7, 11) is -1.97. The topological polar surface area (TPSA) is 51.5 Å². The number of nitrogens with zero attached hydrogens (tertiary/aromatic N) is 1. The molecule has 0 fully saturated rings. The van der Waals surface area contributed by atoms with E-state index in [-0.39, 0.29) is 11.5 Å². The molecular weight excluding hydrogens is 344 g/mol. The van der Waals surface area contributed by atoms with Crippen LogP contribution in [0.2, 0.25) is 19.6 Å². The number of benzene rings is 2. The maximum absolute atomic E-state index is 12.6. The van der Waals surface area contributed by atoms with Crippen molar-refractivity contribution < 1.29 is 22.7 Å². The second-order valence-electron chi connectivity index (χ2n) is 6.24. The van der Waals surface area contributed by atoms with E-state index in [1.54, 1.807) is 24.3 Å². The van der Waals surface area contributed by atoms with Crippen molar-refractivity contribution in [1.29, 1.82) is 5.26 Å². The van der Waals surface area contributed by atoms with Crippen LogP contribution in [0.1, 0.15) is 11.7 Å². The SMILES string of the molecule is C[Si](C)(C)OC(C#N)c1ccc(OC(F)F)c(Oc2ccccc2)c1. The summed E-state index contributed by atoms with van der Waals surface area (Å²) in [4.78, 5) is 0.